The molecule has 6 aromatic rings. The maximum atomic E-state index is 12.2. The minimum absolute atomic E-state index is 0.00894. The van der Waals surface area contributed by atoms with Gasteiger partial charge in [0, 0.05) is 10.0 Å². The van der Waals surface area contributed by atoms with Gasteiger partial charge < -0.3 is 20.4 Å². The Hall–Kier alpha value is -5.00. The number of hydrogen-bond acceptors (Lipinski definition) is 8. The average Bonchev–Trinajstić information content (AvgIpc) is 3.07. The summed E-state index contributed by atoms with van der Waals surface area (Å²) in [7, 11) is -7.08. The summed E-state index contributed by atoms with van der Waals surface area (Å²) in [5, 5.41) is 37.4. The van der Waals surface area contributed by atoms with Gasteiger partial charge in [0.2, 0.25) is 19.7 Å². The van der Waals surface area contributed by atoms with Gasteiger partial charge in [0.15, 0.2) is 0 Å². The van der Waals surface area contributed by atoms with Gasteiger partial charge in [0.05, 0.1) is 19.6 Å². The number of phenols is 4. The summed E-state index contributed by atoms with van der Waals surface area (Å²) >= 11 is 11.4. The molecule has 246 valence electrons. The molecule has 0 saturated heterocycles. The lowest BCUT2D eigenvalue weighted by molar-refractivity contribution is 0.474. The summed E-state index contributed by atoms with van der Waals surface area (Å²) < 4.78 is 48.5. The predicted octanol–water partition coefficient (Wildman–Crippen LogP) is 8.52. The number of benzene rings is 6. The van der Waals surface area contributed by atoms with E-state index in [4.69, 9.17) is 43.6 Å². The Bertz CT molecular complexity index is 1890. The molecular weight excluding hydrogens is 695 g/mol. The molecule has 0 unspecified atom stereocenters. The smallest absolute Gasteiger partial charge is 0.206 e. The highest BCUT2D eigenvalue weighted by Gasteiger charge is 2.18. The molecular formula is C36H28Cl2O8S2. The number of halogens is 2. The lowest BCUT2D eigenvalue weighted by Gasteiger charge is -2.04. The lowest BCUT2D eigenvalue weighted by atomic mass is 10.1. The van der Waals surface area contributed by atoms with E-state index in [1.807, 2.05) is 24.3 Å². The predicted molar refractivity (Wildman–Crippen MR) is 185 cm³/mol. The highest BCUT2D eigenvalue weighted by molar-refractivity contribution is 7.91. The quantitative estimate of drug-likeness (QED) is 0.138. The summed E-state index contributed by atoms with van der Waals surface area (Å²) in [4.78, 5) is 0.621. The summed E-state index contributed by atoms with van der Waals surface area (Å²) in [6.45, 7) is 0. The molecule has 0 bridgehead atoms. The first kappa shape index (κ1) is 35.8. The van der Waals surface area contributed by atoms with Crippen LogP contribution in [0.3, 0.4) is 0 Å². The van der Waals surface area contributed by atoms with Crippen molar-refractivity contribution in [1.29, 1.82) is 0 Å². The van der Waals surface area contributed by atoms with E-state index < -0.39 is 19.7 Å². The highest BCUT2D eigenvalue weighted by atomic mass is 35.5. The third kappa shape index (κ3) is 9.52. The van der Waals surface area contributed by atoms with Gasteiger partial charge in [-0.3, -0.25) is 0 Å². The van der Waals surface area contributed by atoms with Crippen LogP contribution in [0.1, 0.15) is 0 Å². The molecule has 0 saturated carbocycles. The van der Waals surface area contributed by atoms with Crippen LogP contribution in [-0.2, 0) is 19.7 Å². The third-order valence-corrected chi connectivity index (χ3v) is 10.7. The van der Waals surface area contributed by atoms with Crippen LogP contribution < -0.4 is 0 Å². The topological polar surface area (TPSA) is 149 Å². The third-order valence-electron chi connectivity index (χ3n) is 6.61. The van der Waals surface area contributed by atoms with Crippen molar-refractivity contribution in [3.05, 3.63) is 156 Å². The molecule has 8 nitrogen and oxygen atoms in total. The molecule has 0 radical (unpaired) electrons. The van der Waals surface area contributed by atoms with Crippen molar-refractivity contribution in [3.8, 4) is 34.1 Å². The second-order valence-corrected chi connectivity index (χ2v) is 14.8. The van der Waals surface area contributed by atoms with Gasteiger partial charge in [-0.05, 0) is 132 Å². The van der Waals surface area contributed by atoms with Crippen molar-refractivity contribution in [2.24, 2.45) is 0 Å². The van der Waals surface area contributed by atoms with Gasteiger partial charge in [-0.1, -0.05) is 47.5 Å². The second-order valence-electron chi connectivity index (χ2n) is 10.00. The molecule has 48 heavy (non-hydrogen) atoms. The van der Waals surface area contributed by atoms with E-state index in [-0.39, 0.29) is 42.6 Å². The van der Waals surface area contributed by atoms with E-state index in [1.165, 1.54) is 72.8 Å². The number of rotatable bonds is 5. The van der Waals surface area contributed by atoms with Gasteiger partial charge >= 0.3 is 0 Å². The van der Waals surface area contributed by atoms with Crippen LogP contribution in [0, 0.1) is 0 Å². The van der Waals surface area contributed by atoms with Gasteiger partial charge in [-0.25, -0.2) is 16.8 Å². The van der Waals surface area contributed by atoms with Crippen molar-refractivity contribution in [2.45, 2.75) is 19.6 Å². The molecule has 0 aliphatic rings. The Balaban J connectivity index is 0.000000163. The number of hydrogen-bond donors (Lipinski definition) is 4. The van der Waals surface area contributed by atoms with Gasteiger partial charge in [-0.2, -0.15) is 0 Å². The van der Waals surface area contributed by atoms with Crippen LogP contribution in [-0.4, -0.2) is 37.3 Å². The fourth-order valence-corrected chi connectivity index (χ4v) is 6.83. The molecule has 0 aliphatic heterocycles. The van der Waals surface area contributed by atoms with Gasteiger partial charge in [-0.15, -0.1) is 0 Å². The number of sulfone groups is 2. The maximum absolute atomic E-state index is 12.2. The Morgan fingerprint density at radius 1 is 0.312 bits per heavy atom. The number of aromatic hydroxyl groups is 4. The molecule has 12 heteroatoms. The Labute approximate surface area is 288 Å². The molecule has 0 fully saturated rings. The van der Waals surface area contributed by atoms with Crippen LogP contribution in [0.2, 0.25) is 10.0 Å². The lowest BCUT2D eigenvalue weighted by Crippen LogP contribution is -2.01. The fourth-order valence-electron chi connectivity index (χ4n) is 4.06. The zero-order valence-corrected chi connectivity index (χ0v) is 28.0. The summed E-state index contributed by atoms with van der Waals surface area (Å²) in [5.41, 5.74) is 2.03. The van der Waals surface area contributed by atoms with Crippen molar-refractivity contribution >= 4 is 42.9 Å². The zero-order chi connectivity index (χ0) is 34.9. The van der Waals surface area contributed by atoms with Crippen LogP contribution in [0.4, 0.5) is 0 Å². The first-order valence-corrected chi connectivity index (χ1v) is 17.7. The first-order valence-electron chi connectivity index (χ1n) is 13.9. The first-order chi connectivity index (χ1) is 22.8. The molecule has 4 N–H and O–H groups in total. The Kier molecular flexibility index (Phi) is 11.7. The summed E-state index contributed by atoms with van der Waals surface area (Å²) in [6.07, 6.45) is 0. The molecule has 0 heterocycles. The van der Waals surface area contributed by atoms with E-state index in [0.717, 1.165) is 11.1 Å². The summed E-state index contributed by atoms with van der Waals surface area (Å²) in [6, 6.07) is 36.6. The van der Waals surface area contributed by atoms with Crippen LogP contribution in [0.5, 0.6) is 23.0 Å². The minimum Gasteiger partial charge on any atom is -0.508 e. The van der Waals surface area contributed by atoms with E-state index in [2.05, 4.69) is 0 Å². The van der Waals surface area contributed by atoms with E-state index in [9.17, 15) is 16.8 Å². The van der Waals surface area contributed by atoms with Crippen molar-refractivity contribution in [3.63, 3.8) is 0 Å². The van der Waals surface area contributed by atoms with Gasteiger partial charge in [0.1, 0.15) is 23.0 Å². The summed E-state index contributed by atoms with van der Waals surface area (Å²) in [5.74, 6) is 0.532. The van der Waals surface area contributed by atoms with E-state index >= 15 is 0 Å². The molecule has 0 aliphatic carbocycles. The average molecular weight is 724 g/mol. The Morgan fingerprint density at radius 2 is 0.500 bits per heavy atom. The molecule has 0 aromatic heterocycles. The van der Waals surface area contributed by atoms with Gasteiger partial charge in [0.25, 0.3) is 0 Å². The normalized spacial score (nSPS) is 11.0. The highest BCUT2D eigenvalue weighted by Crippen LogP contribution is 2.26. The molecule has 0 atom stereocenters. The van der Waals surface area contributed by atoms with Crippen LogP contribution in [0.25, 0.3) is 11.1 Å². The largest absolute Gasteiger partial charge is 0.508 e. The van der Waals surface area contributed by atoms with Crippen molar-refractivity contribution < 1.29 is 37.3 Å². The van der Waals surface area contributed by atoms with Crippen LogP contribution in [0.15, 0.2) is 165 Å². The second kappa shape index (κ2) is 15.7. The number of phenolic OH excluding ortho intramolecular Hbond substituents is 4. The fraction of sp³-hybridized carbons (Fsp3) is 0. The molecule has 0 spiro atoms. The maximum Gasteiger partial charge on any atom is 0.206 e. The van der Waals surface area contributed by atoms with E-state index in [0.29, 0.717) is 10.0 Å². The molecule has 0 amide bonds. The Morgan fingerprint density at radius 3 is 0.729 bits per heavy atom. The van der Waals surface area contributed by atoms with Crippen LogP contribution >= 0.6 is 23.2 Å². The van der Waals surface area contributed by atoms with Crippen molar-refractivity contribution in [1.82, 2.24) is 0 Å². The molecule has 6 aromatic carbocycles. The minimum atomic E-state index is -3.59. The van der Waals surface area contributed by atoms with E-state index in [1.54, 1.807) is 48.5 Å². The SMILES string of the molecule is O=S(=O)(c1ccc(Cl)cc1)c1ccc(Cl)cc1.O=S(=O)(c1ccc(O)cc1)c1ccc(O)cc1.Oc1ccc(-c2ccc(O)cc2)cc1. The standard InChI is InChI=1S/C12H8Cl2O2S.C12H10O4S.C12H10O2/c2*13-9-1-5-11(6-2-9)17(15,16)12-7-3-10(14)4-8-12;13-11-5-1-9(2-6-11)10-3-7-12(14)8-4-10/h1-8H;1-8,13-14H;1-8,13-14H. The van der Waals surface area contributed by atoms with Crippen molar-refractivity contribution in [2.75, 3.05) is 0 Å². The monoisotopic (exact) mass is 722 g/mol. The zero-order valence-electron chi connectivity index (χ0n) is 24.9. The molecule has 6 rings (SSSR count).